The number of halogens is 4. The van der Waals surface area contributed by atoms with Gasteiger partial charge >= 0.3 is 5.97 Å². The Kier molecular flexibility index (Phi) is 7.65. The van der Waals surface area contributed by atoms with E-state index in [1.165, 1.54) is 30.3 Å². The summed E-state index contributed by atoms with van der Waals surface area (Å²) in [6, 6.07) is 11.8. The summed E-state index contributed by atoms with van der Waals surface area (Å²) in [5.41, 5.74) is -0.678. The number of ether oxygens (including phenoxy) is 2. The van der Waals surface area contributed by atoms with Crippen molar-refractivity contribution in [1.29, 1.82) is 0 Å². The van der Waals surface area contributed by atoms with Gasteiger partial charge in [0.1, 0.15) is 29.4 Å². The van der Waals surface area contributed by atoms with E-state index in [1.807, 2.05) is 0 Å². The molecule has 1 saturated heterocycles. The summed E-state index contributed by atoms with van der Waals surface area (Å²) < 4.78 is 91.5. The Morgan fingerprint density at radius 1 is 1.05 bits per heavy atom. The lowest BCUT2D eigenvalue weighted by molar-refractivity contribution is -0.175. The van der Waals surface area contributed by atoms with Crippen LogP contribution in [0.2, 0.25) is 0 Å². The van der Waals surface area contributed by atoms with Crippen LogP contribution >= 0.6 is 0 Å². The van der Waals surface area contributed by atoms with Crippen LogP contribution in [0.3, 0.4) is 0 Å². The number of hydrogen-bond acceptors (Lipinski definition) is 5. The average molecular weight is 554 g/mol. The molecule has 0 amide bonds. The Labute approximate surface area is 216 Å². The molecule has 5 rings (SSSR count). The predicted octanol–water partition coefficient (Wildman–Crippen LogP) is 5.26. The van der Waals surface area contributed by atoms with Crippen molar-refractivity contribution in [3.05, 3.63) is 77.9 Å². The Balaban J connectivity index is 0.000000360. The Bertz CT molecular complexity index is 1460. The van der Waals surface area contributed by atoms with Crippen LogP contribution in [0.25, 0.3) is 11.1 Å². The third-order valence-corrected chi connectivity index (χ3v) is 7.88. The minimum Gasteiger partial charge on any atom is -0.489 e. The molecule has 3 aromatic carbocycles. The second-order valence-corrected chi connectivity index (χ2v) is 10.8. The summed E-state index contributed by atoms with van der Waals surface area (Å²) in [5, 5.41) is 8.41. The zero-order chi connectivity index (χ0) is 27.7. The van der Waals surface area contributed by atoms with E-state index < -0.39 is 45.0 Å². The maximum absolute atomic E-state index is 14.2. The van der Waals surface area contributed by atoms with Crippen LogP contribution in [0.4, 0.5) is 23.2 Å². The number of alkyl halides is 2. The van der Waals surface area contributed by atoms with E-state index in [2.05, 4.69) is 0 Å². The first-order valence-corrected chi connectivity index (χ1v) is 12.8. The van der Waals surface area contributed by atoms with E-state index >= 15 is 0 Å². The number of carbonyl (C=O) groups is 1. The molecule has 0 atom stereocenters. The molecule has 0 radical (unpaired) electrons. The molecule has 2 aliphatic heterocycles. The van der Waals surface area contributed by atoms with Crippen LogP contribution in [0, 0.1) is 17.0 Å². The molecule has 1 fully saturated rings. The minimum atomic E-state index is -4.20. The predicted molar refractivity (Wildman–Crippen MR) is 130 cm³/mol. The van der Waals surface area contributed by atoms with Crippen LogP contribution in [0.15, 0.2) is 65.6 Å². The summed E-state index contributed by atoms with van der Waals surface area (Å²) >= 11 is 0. The molecule has 3 aromatic rings. The number of fused-ring (bicyclic) bond motifs is 1. The molecule has 2 heterocycles. The summed E-state index contributed by atoms with van der Waals surface area (Å²) in [4.78, 5) is 9.93. The van der Waals surface area contributed by atoms with Gasteiger partial charge in [-0.3, -0.25) is 9.10 Å². The van der Waals surface area contributed by atoms with Gasteiger partial charge in [0.2, 0.25) is 0 Å². The number of hydrogen-bond donors (Lipinski definition) is 1. The molecule has 12 heteroatoms. The number of aliphatic carboxylic acids is 1. The van der Waals surface area contributed by atoms with Gasteiger partial charge in [-0.05, 0) is 55.0 Å². The van der Waals surface area contributed by atoms with Crippen molar-refractivity contribution < 1.29 is 45.4 Å². The van der Waals surface area contributed by atoms with Crippen LogP contribution in [0.5, 0.6) is 5.75 Å². The zero-order valence-electron chi connectivity index (χ0n) is 20.0. The van der Waals surface area contributed by atoms with Crippen LogP contribution < -0.4 is 9.04 Å². The number of benzene rings is 3. The number of rotatable bonds is 5. The van der Waals surface area contributed by atoms with E-state index in [4.69, 9.17) is 14.6 Å². The van der Waals surface area contributed by atoms with Crippen molar-refractivity contribution >= 4 is 21.7 Å². The number of carboxylic acid groups (broad SMARTS) is 1. The summed E-state index contributed by atoms with van der Waals surface area (Å²) in [5.74, 6) is -1.85. The highest BCUT2D eigenvalue weighted by molar-refractivity contribution is 7.92. The molecular formula is C26H23F4NO6S. The highest BCUT2D eigenvalue weighted by atomic mass is 32.2. The topological polar surface area (TPSA) is 93.1 Å². The van der Waals surface area contributed by atoms with E-state index in [-0.39, 0.29) is 40.6 Å². The van der Waals surface area contributed by atoms with Crippen molar-refractivity contribution in [3.63, 3.8) is 0 Å². The van der Waals surface area contributed by atoms with E-state index in [0.29, 0.717) is 13.2 Å². The van der Waals surface area contributed by atoms with E-state index in [0.717, 1.165) is 34.6 Å². The fourth-order valence-electron chi connectivity index (χ4n) is 3.80. The molecule has 202 valence electrons. The normalized spacial score (nSPS) is 16.0. The lowest BCUT2D eigenvalue weighted by Crippen LogP contribution is -2.46. The molecule has 7 nitrogen and oxygen atoms in total. The van der Waals surface area contributed by atoms with Gasteiger partial charge in [0.05, 0.1) is 30.3 Å². The van der Waals surface area contributed by atoms with Gasteiger partial charge in [0.25, 0.3) is 16.4 Å². The van der Waals surface area contributed by atoms with Crippen molar-refractivity contribution in [2.24, 2.45) is 5.41 Å². The largest absolute Gasteiger partial charge is 0.489 e. The molecule has 0 unspecified atom stereocenters. The summed E-state index contributed by atoms with van der Waals surface area (Å²) in [6.45, 7) is 2.39. The molecular weight excluding hydrogens is 530 g/mol. The molecule has 2 aliphatic rings. The zero-order valence-corrected chi connectivity index (χ0v) is 20.9. The van der Waals surface area contributed by atoms with Crippen molar-refractivity contribution in [3.8, 4) is 16.9 Å². The quantitative estimate of drug-likeness (QED) is 0.433. The van der Waals surface area contributed by atoms with Crippen LogP contribution in [-0.2, 0) is 19.6 Å². The molecule has 38 heavy (non-hydrogen) atoms. The van der Waals surface area contributed by atoms with Gasteiger partial charge in [-0.2, -0.15) is 0 Å². The fraction of sp³-hybridized carbons (Fsp3) is 0.269. The Morgan fingerprint density at radius 2 is 1.79 bits per heavy atom. The highest BCUT2D eigenvalue weighted by Gasteiger charge is 2.41. The van der Waals surface area contributed by atoms with Crippen LogP contribution in [0.1, 0.15) is 18.9 Å². The van der Waals surface area contributed by atoms with E-state index in [1.54, 1.807) is 6.92 Å². The monoisotopic (exact) mass is 553 g/mol. The van der Waals surface area contributed by atoms with Crippen molar-refractivity contribution in [2.75, 3.05) is 30.7 Å². The van der Waals surface area contributed by atoms with E-state index in [9.17, 15) is 30.8 Å². The molecule has 0 bridgehead atoms. The molecule has 0 aliphatic carbocycles. The smallest absolute Gasteiger partial charge is 0.314 e. The molecule has 0 spiro atoms. The molecule has 1 N–H and O–H groups in total. The molecule has 0 aromatic heterocycles. The number of sulfonamides is 1. The fourth-order valence-corrected chi connectivity index (χ4v) is 5.31. The number of nitrogens with zero attached hydrogens (tertiary/aromatic N) is 1. The lowest BCUT2D eigenvalue weighted by Gasteiger charge is -2.33. The number of carboxylic acids is 1. The van der Waals surface area contributed by atoms with Gasteiger partial charge in [-0.25, -0.2) is 26.0 Å². The third kappa shape index (κ3) is 5.46. The maximum Gasteiger partial charge on any atom is 0.314 e. The average Bonchev–Trinajstić information content (AvgIpc) is 2.88. The highest BCUT2D eigenvalue weighted by Crippen LogP contribution is 2.39. The van der Waals surface area contributed by atoms with Crippen LogP contribution in [-0.4, -0.2) is 45.9 Å². The van der Waals surface area contributed by atoms with Gasteiger partial charge in [0, 0.05) is 11.1 Å². The number of anilines is 1. The van der Waals surface area contributed by atoms with Crippen molar-refractivity contribution in [2.45, 2.75) is 18.2 Å². The summed E-state index contributed by atoms with van der Waals surface area (Å²) in [7, 11) is -4.20. The van der Waals surface area contributed by atoms with Gasteiger partial charge in [-0.15, -0.1) is 0 Å². The minimum absolute atomic E-state index is 0.0413. The maximum atomic E-state index is 14.2. The standard InChI is InChI=1S/C21H15F4NO3S.C5H8O3/c22-15-5-6-18(23)17(12-15)13-4-7-20-19(11-13)26(8-9-29-20)30(27,28)16-3-1-2-14(10-16)21(24)25;1-5(4(6)7)2-8-3-5/h1-7,10-12,21H,8-9H2;2-3H2,1H3,(H,6,7). The SMILES string of the molecule is CC1(C(=O)O)COC1.O=S(=O)(c1cccc(C(F)F)c1)N1CCOc2ccc(-c3cc(F)ccc3F)cc21. The van der Waals surface area contributed by atoms with Gasteiger partial charge in [-0.1, -0.05) is 18.2 Å². The second kappa shape index (κ2) is 10.6. The second-order valence-electron chi connectivity index (χ2n) is 8.96. The summed E-state index contributed by atoms with van der Waals surface area (Å²) in [6.07, 6.45) is -2.82. The first-order valence-electron chi connectivity index (χ1n) is 11.4. The first kappa shape index (κ1) is 27.4. The first-order chi connectivity index (χ1) is 17.9. The van der Waals surface area contributed by atoms with Gasteiger partial charge in [0.15, 0.2) is 0 Å². The molecule has 0 saturated carbocycles. The lowest BCUT2D eigenvalue weighted by atomic mass is 9.89. The third-order valence-electron chi connectivity index (χ3n) is 6.07. The van der Waals surface area contributed by atoms with Gasteiger partial charge < -0.3 is 14.6 Å². The Morgan fingerprint density at radius 3 is 2.39 bits per heavy atom. The van der Waals surface area contributed by atoms with Crippen molar-refractivity contribution in [1.82, 2.24) is 0 Å². The Hall–Kier alpha value is -3.64.